The third kappa shape index (κ3) is 4.60. The van der Waals surface area contributed by atoms with Crippen LogP contribution in [-0.2, 0) is 20.0 Å². The van der Waals surface area contributed by atoms with Crippen molar-refractivity contribution in [3.8, 4) is 34.2 Å². The lowest BCUT2D eigenvalue weighted by Crippen LogP contribution is -2.10. The topological polar surface area (TPSA) is 106 Å². The summed E-state index contributed by atoms with van der Waals surface area (Å²) in [6.07, 6.45) is 2.76. The molecule has 0 N–H and O–H groups in total. The van der Waals surface area contributed by atoms with E-state index >= 15 is 0 Å². The molecule has 0 aliphatic rings. The van der Waals surface area contributed by atoms with Gasteiger partial charge < -0.3 is 8.58 Å². The summed E-state index contributed by atoms with van der Waals surface area (Å²) in [6.45, 7) is 0. The zero-order valence-corrected chi connectivity index (χ0v) is 21.2. The van der Waals surface area contributed by atoms with Gasteiger partial charge in [0.2, 0.25) is 0 Å². The number of nitrogens with zero attached hydrogens (tertiary/aromatic N) is 2. The molecule has 0 bridgehead atoms. The molecule has 0 aliphatic carbocycles. The van der Waals surface area contributed by atoms with E-state index in [2.05, 4.69) is 6.07 Å². The molecule has 37 heavy (non-hydrogen) atoms. The number of hydrogen-bond acceptors (Lipinski definition) is 6. The molecule has 0 radical (unpaired) electrons. The van der Waals surface area contributed by atoms with Crippen molar-refractivity contribution < 1.29 is 21.0 Å². The molecule has 2 aromatic heterocycles. The van der Waals surface area contributed by atoms with E-state index in [0.717, 1.165) is 17.4 Å². The van der Waals surface area contributed by atoms with Gasteiger partial charge in [0, 0.05) is 12.5 Å². The van der Waals surface area contributed by atoms with Gasteiger partial charge in [0.15, 0.2) is 15.6 Å². The monoisotopic (exact) mass is 528 g/mol. The number of sulfone groups is 1. The molecule has 0 aliphatic heterocycles. The molecule has 3 aromatic carbocycles. The van der Waals surface area contributed by atoms with Crippen LogP contribution < -0.4 is 4.18 Å². The maximum absolute atomic E-state index is 13.4. The van der Waals surface area contributed by atoms with Crippen molar-refractivity contribution >= 4 is 25.5 Å². The van der Waals surface area contributed by atoms with Crippen LogP contribution >= 0.6 is 0 Å². The molecule has 5 rings (SSSR count). The van der Waals surface area contributed by atoms with Gasteiger partial charge in [-0.05, 0) is 47.5 Å². The Morgan fingerprint density at radius 1 is 0.757 bits per heavy atom. The van der Waals surface area contributed by atoms with Crippen molar-refractivity contribution in [2.24, 2.45) is 0 Å². The largest absolute Gasteiger partial charge is 0.376 e. The van der Waals surface area contributed by atoms with Crippen molar-refractivity contribution in [1.29, 1.82) is 5.26 Å². The predicted molar refractivity (Wildman–Crippen MR) is 140 cm³/mol. The summed E-state index contributed by atoms with van der Waals surface area (Å²) in [5.41, 5.74) is 3.52. The van der Waals surface area contributed by atoms with Crippen LogP contribution in [-0.4, -0.2) is 27.5 Å². The quantitative estimate of drug-likeness (QED) is 0.276. The normalized spacial score (nSPS) is 11.8. The predicted octanol–water partition coefficient (Wildman–Crippen LogP) is 5.32. The molecular formula is C28H20N2O5S2. The van der Waals surface area contributed by atoms with Gasteiger partial charge in [-0.3, -0.25) is 0 Å². The number of benzene rings is 3. The van der Waals surface area contributed by atoms with Crippen LogP contribution in [0.1, 0.15) is 5.56 Å². The third-order valence-corrected chi connectivity index (χ3v) is 8.23. The Bertz CT molecular complexity index is 1870. The average molecular weight is 529 g/mol. The van der Waals surface area contributed by atoms with Gasteiger partial charge in [0.25, 0.3) is 0 Å². The SMILES string of the molecule is CS(=O)(=O)c1ccc(S(=O)(=O)Oc2c(-c3ccccc3)c(-c3ccccc3)n3ccc(C#N)cc23)cc1. The molecule has 0 fully saturated rings. The van der Waals surface area contributed by atoms with Gasteiger partial charge >= 0.3 is 10.1 Å². The Hall–Kier alpha value is -4.39. The molecule has 0 saturated heterocycles. The van der Waals surface area contributed by atoms with Gasteiger partial charge in [-0.1, -0.05) is 60.7 Å². The third-order valence-electron chi connectivity index (χ3n) is 5.86. The molecule has 2 heterocycles. The van der Waals surface area contributed by atoms with Crippen molar-refractivity contribution in [1.82, 2.24) is 4.40 Å². The molecule has 0 spiro atoms. The van der Waals surface area contributed by atoms with Crippen LogP contribution in [0.4, 0.5) is 0 Å². The second kappa shape index (κ2) is 9.24. The summed E-state index contributed by atoms with van der Waals surface area (Å²) < 4.78 is 58.1. The van der Waals surface area contributed by atoms with Crippen LogP contribution in [0, 0.1) is 11.3 Å². The van der Waals surface area contributed by atoms with Crippen molar-refractivity contribution in [2.75, 3.05) is 6.26 Å². The van der Waals surface area contributed by atoms with Crippen LogP contribution in [0.2, 0.25) is 0 Å². The first-order valence-corrected chi connectivity index (χ1v) is 14.4. The highest BCUT2D eigenvalue weighted by molar-refractivity contribution is 7.90. The van der Waals surface area contributed by atoms with Gasteiger partial charge in [0.05, 0.1) is 33.3 Å². The number of nitriles is 1. The fourth-order valence-electron chi connectivity index (χ4n) is 4.14. The molecule has 0 atom stereocenters. The number of pyridine rings is 1. The second-order valence-corrected chi connectivity index (χ2v) is 11.9. The van der Waals surface area contributed by atoms with Crippen molar-refractivity contribution in [3.05, 3.63) is 109 Å². The molecule has 0 saturated carbocycles. The summed E-state index contributed by atoms with van der Waals surface area (Å²) in [5.74, 6) is 0.0642. The first-order valence-electron chi connectivity index (χ1n) is 11.1. The maximum atomic E-state index is 13.4. The first kappa shape index (κ1) is 24.3. The van der Waals surface area contributed by atoms with Gasteiger partial charge in [-0.15, -0.1) is 0 Å². The molecular weight excluding hydrogens is 508 g/mol. The highest BCUT2D eigenvalue weighted by Gasteiger charge is 2.28. The smallest absolute Gasteiger partial charge is 0.339 e. The van der Waals surface area contributed by atoms with E-state index in [1.54, 1.807) is 22.7 Å². The highest BCUT2D eigenvalue weighted by Crippen LogP contribution is 2.45. The van der Waals surface area contributed by atoms with Gasteiger partial charge in [0.1, 0.15) is 4.90 Å². The summed E-state index contributed by atoms with van der Waals surface area (Å²) in [5, 5.41) is 9.53. The van der Waals surface area contributed by atoms with E-state index < -0.39 is 20.0 Å². The summed E-state index contributed by atoms with van der Waals surface area (Å²) in [7, 11) is -7.88. The maximum Gasteiger partial charge on any atom is 0.339 e. The first-order chi connectivity index (χ1) is 17.7. The minimum atomic E-state index is -4.38. The van der Waals surface area contributed by atoms with Gasteiger partial charge in [-0.25, -0.2) is 8.42 Å². The van der Waals surface area contributed by atoms with E-state index in [0.29, 0.717) is 22.3 Å². The molecule has 5 aromatic rings. The standard InChI is InChI=1S/C28H20N2O5S2/c1-36(31,32)23-12-14-24(15-13-23)37(33,34)35-28-25-18-20(19-29)16-17-30(25)27(22-10-6-3-7-11-22)26(28)21-8-4-2-5-9-21/h2-18H,1H3. The van der Waals surface area contributed by atoms with E-state index in [1.165, 1.54) is 24.3 Å². The zero-order valence-electron chi connectivity index (χ0n) is 19.6. The Balaban J connectivity index is 1.78. The van der Waals surface area contributed by atoms with E-state index in [4.69, 9.17) is 4.18 Å². The van der Waals surface area contributed by atoms with E-state index in [9.17, 15) is 22.1 Å². The van der Waals surface area contributed by atoms with Gasteiger partial charge in [-0.2, -0.15) is 13.7 Å². The fourth-order valence-corrected chi connectivity index (χ4v) is 5.73. The molecule has 9 heteroatoms. The molecule has 184 valence electrons. The number of rotatable bonds is 6. The van der Waals surface area contributed by atoms with Crippen LogP contribution in [0.5, 0.6) is 5.75 Å². The summed E-state index contributed by atoms with van der Waals surface area (Å²) >= 11 is 0. The number of aromatic nitrogens is 1. The molecule has 7 nitrogen and oxygen atoms in total. The van der Waals surface area contributed by atoms with E-state index in [-0.39, 0.29) is 15.5 Å². The molecule has 0 unspecified atom stereocenters. The number of fused-ring (bicyclic) bond motifs is 1. The van der Waals surface area contributed by atoms with Crippen molar-refractivity contribution in [2.45, 2.75) is 9.79 Å². The highest BCUT2D eigenvalue weighted by atomic mass is 32.2. The lowest BCUT2D eigenvalue weighted by molar-refractivity contribution is 0.489. The lowest BCUT2D eigenvalue weighted by atomic mass is 10.0. The minimum absolute atomic E-state index is 0.00392. The Kier molecular flexibility index (Phi) is 6.07. The van der Waals surface area contributed by atoms with Crippen LogP contribution in [0.3, 0.4) is 0 Å². The number of hydrogen-bond donors (Lipinski definition) is 0. The van der Waals surface area contributed by atoms with Crippen LogP contribution in [0.25, 0.3) is 27.9 Å². The fraction of sp³-hybridized carbons (Fsp3) is 0.0357. The van der Waals surface area contributed by atoms with Crippen molar-refractivity contribution in [3.63, 3.8) is 0 Å². The second-order valence-electron chi connectivity index (χ2n) is 8.35. The average Bonchev–Trinajstić information content (AvgIpc) is 3.22. The summed E-state index contributed by atoms with van der Waals surface area (Å²) in [6, 6.07) is 28.9. The van der Waals surface area contributed by atoms with E-state index in [1.807, 2.05) is 60.7 Å². The minimum Gasteiger partial charge on any atom is -0.376 e. The lowest BCUT2D eigenvalue weighted by Gasteiger charge is -2.11. The summed E-state index contributed by atoms with van der Waals surface area (Å²) in [4.78, 5) is -0.202. The Morgan fingerprint density at radius 3 is 1.89 bits per heavy atom. The Labute approximate surface area is 214 Å². The Morgan fingerprint density at radius 2 is 1.32 bits per heavy atom. The van der Waals surface area contributed by atoms with Crippen LogP contribution in [0.15, 0.2) is 113 Å². The zero-order chi connectivity index (χ0) is 26.2. The molecule has 0 amide bonds.